The van der Waals surface area contributed by atoms with Crippen LogP contribution >= 0.6 is 11.3 Å². The molecule has 0 aromatic carbocycles. The molecule has 0 radical (unpaired) electrons. The summed E-state index contributed by atoms with van der Waals surface area (Å²) in [5.41, 5.74) is 6.08. The van der Waals surface area contributed by atoms with Crippen LogP contribution in [0.15, 0.2) is 5.38 Å². The van der Waals surface area contributed by atoms with Crippen molar-refractivity contribution in [1.29, 1.82) is 0 Å². The summed E-state index contributed by atoms with van der Waals surface area (Å²) in [6.07, 6.45) is 2.59. The molecule has 1 heterocycles. The van der Waals surface area contributed by atoms with Crippen molar-refractivity contribution >= 4 is 28.2 Å². The lowest BCUT2D eigenvalue weighted by Gasteiger charge is -2.09. The second kappa shape index (κ2) is 6.46. The zero-order chi connectivity index (χ0) is 12.8. The highest BCUT2D eigenvalue weighted by Gasteiger charge is 2.15. The molecule has 0 saturated heterocycles. The molecule has 0 saturated carbocycles. The first kappa shape index (κ1) is 13.8. The third-order valence-corrected chi connectivity index (χ3v) is 3.06. The van der Waals surface area contributed by atoms with E-state index in [9.17, 15) is 9.59 Å². The van der Waals surface area contributed by atoms with E-state index in [0.717, 1.165) is 12.8 Å². The number of unbranched alkanes of at least 4 members (excludes halogenated alkanes) is 1. The van der Waals surface area contributed by atoms with Gasteiger partial charge < -0.3 is 11.1 Å². The smallest absolute Gasteiger partial charge is 0.243 e. The van der Waals surface area contributed by atoms with E-state index < -0.39 is 6.04 Å². The molecular weight excluding hydrogens is 238 g/mol. The number of thiazole rings is 1. The van der Waals surface area contributed by atoms with Crippen LogP contribution in [0.5, 0.6) is 0 Å². The molecule has 1 rings (SSSR count). The molecule has 0 aliphatic carbocycles. The molecule has 3 N–H and O–H groups in total. The second-order valence-corrected chi connectivity index (χ2v) is 4.69. The fraction of sp³-hybridized carbons (Fsp3) is 0.545. The summed E-state index contributed by atoms with van der Waals surface area (Å²) < 4.78 is 0. The lowest BCUT2D eigenvalue weighted by molar-refractivity contribution is -0.117. The van der Waals surface area contributed by atoms with E-state index in [0.29, 0.717) is 17.2 Å². The van der Waals surface area contributed by atoms with Gasteiger partial charge in [0.15, 0.2) is 10.9 Å². The molecule has 1 atom stereocenters. The first-order valence-electron chi connectivity index (χ1n) is 5.57. The maximum Gasteiger partial charge on any atom is 0.243 e. The summed E-state index contributed by atoms with van der Waals surface area (Å²) in [6.45, 7) is 3.48. The fourth-order valence-corrected chi connectivity index (χ4v) is 2.00. The number of carbonyl (C=O) groups excluding carboxylic acids is 2. The summed E-state index contributed by atoms with van der Waals surface area (Å²) in [5.74, 6) is -0.361. The SMILES string of the molecule is CCCC[C@H](N)C(=O)Nc1nc(C(C)=O)cs1. The number of nitrogens with zero attached hydrogens (tertiary/aromatic N) is 1. The van der Waals surface area contributed by atoms with E-state index in [1.54, 1.807) is 5.38 Å². The first-order valence-corrected chi connectivity index (χ1v) is 6.45. The van der Waals surface area contributed by atoms with Gasteiger partial charge in [-0.25, -0.2) is 4.98 Å². The number of aromatic nitrogens is 1. The van der Waals surface area contributed by atoms with Gasteiger partial charge in [0.25, 0.3) is 0 Å². The molecule has 1 aromatic rings. The van der Waals surface area contributed by atoms with Crippen LogP contribution in [-0.4, -0.2) is 22.7 Å². The largest absolute Gasteiger partial charge is 0.320 e. The van der Waals surface area contributed by atoms with Gasteiger partial charge in [-0.05, 0) is 6.42 Å². The van der Waals surface area contributed by atoms with E-state index in [-0.39, 0.29) is 11.7 Å². The molecule has 0 bridgehead atoms. The minimum atomic E-state index is -0.514. The molecule has 0 spiro atoms. The van der Waals surface area contributed by atoms with Gasteiger partial charge in [-0.3, -0.25) is 9.59 Å². The third-order valence-electron chi connectivity index (χ3n) is 2.30. The van der Waals surface area contributed by atoms with E-state index in [4.69, 9.17) is 5.73 Å². The minimum Gasteiger partial charge on any atom is -0.320 e. The predicted molar refractivity (Wildman–Crippen MR) is 68.2 cm³/mol. The number of ketones is 1. The quantitative estimate of drug-likeness (QED) is 0.759. The molecule has 17 heavy (non-hydrogen) atoms. The number of hydrogen-bond acceptors (Lipinski definition) is 5. The third kappa shape index (κ3) is 4.24. The Morgan fingerprint density at radius 3 is 2.82 bits per heavy atom. The van der Waals surface area contributed by atoms with Crippen molar-refractivity contribution in [3.8, 4) is 0 Å². The summed E-state index contributed by atoms with van der Waals surface area (Å²) in [4.78, 5) is 26.7. The van der Waals surface area contributed by atoms with Crippen LogP contribution in [0.1, 0.15) is 43.6 Å². The highest BCUT2D eigenvalue weighted by molar-refractivity contribution is 7.14. The lowest BCUT2D eigenvalue weighted by Crippen LogP contribution is -2.35. The summed E-state index contributed by atoms with van der Waals surface area (Å²) in [6, 6.07) is -0.514. The zero-order valence-corrected chi connectivity index (χ0v) is 10.8. The second-order valence-electron chi connectivity index (χ2n) is 3.83. The average Bonchev–Trinajstić information content (AvgIpc) is 2.74. The Bertz CT molecular complexity index is 403. The number of nitrogens with one attached hydrogen (secondary N) is 1. The van der Waals surface area contributed by atoms with Gasteiger partial charge in [0.1, 0.15) is 5.69 Å². The molecule has 0 unspecified atom stereocenters. The Kier molecular flexibility index (Phi) is 5.24. The number of rotatable bonds is 6. The maximum atomic E-state index is 11.6. The molecule has 0 aliphatic heterocycles. The summed E-state index contributed by atoms with van der Waals surface area (Å²) in [7, 11) is 0. The summed E-state index contributed by atoms with van der Waals surface area (Å²) in [5, 5.41) is 4.66. The molecule has 6 heteroatoms. The Balaban J connectivity index is 2.52. The van der Waals surface area contributed by atoms with Gasteiger partial charge in [0.05, 0.1) is 6.04 Å². The topological polar surface area (TPSA) is 85.1 Å². The van der Waals surface area contributed by atoms with Crippen LogP contribution in [0.25, 0.3) is 0 Å². The van der Waals surface area contributed by atoms with Crippen molar-refractivity contribution in [3.05, 3.63) is 11.1 Å². The molecule has 1 amide bonds. The standard InChI is InChI=1S/C11H17N3O2S/c1-3-4-5-8(12)10(16)14-11-13-9(6-17-11)7(2)15/h6,8H,3-5,12H2,1-2H3,(H,13,14,16)/t8-/m0/s1. The van der Waals surface area contributed by atoms with Gasteiger partial charge in [-0.2, -0.15) is 0 Å². The number of anilines is 1. The van der Waals surface area contributed by atoms with Crippen molar-refractivity contribution in [1.82, 2.24) is 4.98 Å². The zero-order valence-electron chi connectivity index (χ0n) is 10.0. The first-order chi connectivity index (χ1) is 8.04. The van der Waals surface area contributed by atoms with Crippen molar-refractivity contribution in [3.63, 3.8) is 0 Å². The van der Waals surface area contributed by atoms with Crippen molar-refractivity contribution in [2.24, 2.45) is 5.73 Å². The molecule has 0 fully saturated rings. The number of Topliss-reactive ketones (excluding diaryl/α,β-unsaturated/α-hetero) is 1. The highest BCUT2D eigenvalue weighted by Crippen LogP contribution is 2.16. The van der Waals surface area contributed by atoms with Crippen molar-refractivity contribution < 1.29 is 9.59 Å². The molecule has 0 aliphatic rings. The van der Waals surface area contributed by atoms with Crippen LogP contribution < -0.4 is 11.1 Å². The van der Waals surface area contributed by atoms with Gasteiger partial charge in [-0.1, -0.05) is 19.8 Å². The average molecular weight is 255 g/mol. The Labute approximate surface area is 104 Å². The van der Waals surface area contributed by atoms with Gasteiger partial charge in [0.2, 0.25) is 5.91 Å². The molecule has 1 aromatic heterocycles. The van der Waals surface area contributed by atoms with E-state index in [1.807, 2.05) is 6.92 Å². The number of carbonyl (C=O) groups is 2. The highest BCUT2D eigenvalue weighted by atomic mass is 32.1. The van der Waals surface area contributed by atoms with Crippen molar-refractivity contribution in [2.75, 3.05) is 5.32 Å². The normalized spacial score (nSPS) is 12.2. The van der Waals surface area contributed by atoms with Gasteiger partial charge in [-0.15, -0.1) is 11.3 Å². The van der Waals surface area contributed by atoms with Crippen LogP contribution in [0.2, 0.25) is 0 Å². The number of nitrogens with two attached hydrogens (primary N) is 1. The van der Waals surface area contributed by atoms with Crippen LogP contribution in [0.4, 0.5) is 5.13 Å². The Morgan fingerprint density at radius 2 is 2.29 bits per heavy atom. The Morgan fingerprint density at radius 1 is 1.59 bits per heavy atom. The Hall–Kier alpha value is -1.27. The monoisotopic (exact) mass is 255 g/mol. The number of hydrogen-bond donors (Lipinski definition) is 2. The predicted octanol–water partition coefficient (Wildman–Crippen LogP) is 1.80. The molecule has 5 nitrogen and oxygen atoms in total. The summed E-state index contributed by atoms with van der Waals surface area (Å²) >= 11 is 1.23. The van der Waals surface area contributed by atoms with E-state index >= 15 is 0 Å². The van der Waals surface area contributed by atoms with Gasteiger partial charge in [0, 0.05) is 12.3 Å². The minimum absolute atomic E-state index is 0.114. The molecule has 94 valence electrons. The number of amides is 1. The van der Waals surface area contributed by atoms with Crippen molar-refractivity contribution in [2.45, 2.75) is 39.2 Å². The lowest BCUT2D eigenvalue weighted by atomic mass is 10.1. The van der Waals surface area contributed by atoms with Gasteiger partial charge >= 0.3 is 0 Å². The van der Waals surface area contributed by atoms with E-state index in [2.05, 4.69) is 10.3 Å². The maximum absolute atomic E-state index is 11.6. The van der Waals surface area contributed by atoms with Crippen LogP contribution in [0.3, 0.4) is 0 Å². The van der Waals surface area contributed by atoms with Crippen LogP contribution in [-0.2, 0) is 4.79 Å². The van der Waals surface area contributed by atoms with Crippen LogP contribution in [0, 0.1) is 0 Å². The fourth-order valence-electron chi connectivity index (χ4n) is 1.25. The molecular formula is C11H17N3O2S. The van der Waals surface area contributed by atoms with E-state index in [1.165, 1.54) is 18.3 Å².